The van der Waals surface area contributed by atoms with E-state index in [1.807, 2.05) is 32.4 Å². The Morgan fingerprint density at radius 2 is 2.11 bits per heavy atom. The number of rotatable bonds is 6. The van der Waals surface area contributed by atoms with Gasteiger partial charge in [-0.15, -0.1) is 0 Å². The molecular formula is C16H22N2O. The fraction of sp³-hybridized carbons (Fsp3) is 0.438. The Bertz CT molecular complexity index is 522. The number of nitrogens with zero attached hydrogens (tertiary/aromatic N) is 1. The Balaban J connectivity index is 2.45. The lowest BCUT2D eigenvalue weighted by atomic mass is 9.95. The van der Waals surface area contributed by atoms with E-state index in [4.69, 9.17) is 4.74 Å². The van der Waals surface area contributed by atoms with E-state index in [1.54, 1.807) is 0 Å². The average molecular weight is 258 g/mol. The Hall–Kier alpha value is -1.45. The number of ether oxygens (including phenoxy) is 1. The average Bonchev–Trinajstić information content (AvgIpc) is 2.47. The van der Waals surface area contributed by atoms with E-state index in [0.717, 1.165) is 13.0 Å². The normalized spacial score (nSPS) is 14.5. The first kappa shape index (κ1) is 14.0. The monoisotopic (exact) mass is 258 g/mol. The minimum Gasteiger partial charge on any atom is -0.377 e. The molecule has 3 nitrogen and oxygen atoms in total. The number of pyridine rings is 1. The first-order chi connectivity index (χ1) is 9.31. The van der Waals surface area contributed by atoms with E-state index in [-0.39, 0.29) is 12.1 Å². The maximum atomic E-state index is 5.86. The third-order valence-corrected chi connectivity index (χ3v) is 3.52. The van der Waals surface area contributed by atoms with Crippen LogP contribution in [0, 0.1) is 0 Å². The van der Waals surface area contributed by atoms with Crippen molar-refractivity contribution in [1.82, 2.24) is 10.3 Å². The molecule has 0 fully saturated rings. The molecular weight excluding hydrogens is 236 g/mol. The first-order valence-corrected chi connectivity index (χ1v) is 6.93. The SMILES string of the molecule is CCOC(CC)C(NC)c1cccc2ccncc12. The summed E-state index contributed by atoms with van der Waals surface area (Å²) in [4.78, 5) is 4.25. The molecule has 2 atom stereocenters. The molecule has 2 unspecified atom stereocenters. The summed E-state index contributed by atoms with van der Waals surface area (Å²) in [6.45, 7) is 4.94. The second-order valence-corrected chi connectivity index (χ2v) is 4.61. The smallest absolute Gasteiger partial charge is 0.0767 e. The predicted molar refractivity (Wildman–Crippen MR) is 79.2 cm³/mol. The Morgan fingerprint density at radius 1 is 1.26 bits per heavy atom. The Kier molecular flexibility index (Phi) is 4.88. The number of aromatic nitrogens is 1. The van der Waals surface area contributed by atoms with Gasteiger partial charge in [-0.3, -0.25) is 4.98 Å². The van der Waals surface area contributed by atoms with Crippen LogP contribution in [0.5, 0.6) is 0 Å². The maximum Gasteiger partial charge on any atom is 0.0767 e. The largest absolute Gasteiger partial charge is 0.377 e. The van der Waals surface area contributed by atoms with E-state index >= 15 is 0 Å². The third-order valence-electron chi connectivity index (χ3n) is 3.52. The van der Waals surface area contributed by atoms with Crippen LogP contribution in [0.25, 0.3) is 10.8 Å². The van der Waals surface area contributed by atoms with Gasteiger partial charge in [0.15, 0.2) is 0 Å². The second kappa shape index (κ2) is 6.64. The molecule has 19 heavy (non-hydrogen) atoms. The van der Waals surface area contributed by atoms with Gasteiger partial charge in [0.05, 0.1) is 12.1 Å². The highest BCUT2D eigenvalue weighted by Crippen LogP contribution is 2.28. The van der Waals surface area contributed by atoms with Gasteiger partial charge in [0, 0.05) is 24.4 Å². The lowest BCUT2D eigenvalue weighted by Crippen LogP contribution is -2.31. The molecule has 1 aromatic carbocycles. The molecule has 2 aromatic rings. The molecule has 1 N–H and O–H groups in total. The van der Waals surface area contributed by atoms with Crippen LogP contribution in [0.3, 0.4) is 0 Å². The number of hydrogen-bond acceptors (Lipinski definition) is 3. The highest BCUT2D eigenvalue weighted by molar-refractivity contribution is 5.85. The number of likely N-dealkylation sites (N-methyl/N-ethyl adjacent to an activating group) is 1. The Morgan fingerprint density at radius 3 is 2.79 bits per heavy atom. The zero-order valence-corrected chi connectivity index (χ0v) is 11.9. The second-order valence-electron chi connectivity index (χ2n) is 4.61. The summed E-state index contributed by atoms with van der Waals surface area (Å²) in [5.41, 5.74) is 1.26. The van der Waals surface area contributed by atoms with Crippen molar-refractivity contribution in [2.45, 2.75) is 32.4 Å². The van der Waals surface area contributed by atoms with Crippen molar-refractivity contribution in [1.29, 1.82) is 0 Å². The number of benzene rings is 1. The lowest BCUT2D eigenvalue weighted by molar-refractivity contribution is 0.0337. The molecule has 0 amide bonds. The summed E-state index contributed by atoms with van der Waals surface area (Å²) in [5, 5.41) is 5.81. The quantitative estimate of drug-likeness (QED) is 0.863. The van der Waals surface area contributed by atoms with Gasteiger partial charge in [-0.1, -0.05) is 25.1 Å². The van der Waals surface area contributed by atoms with E-state index < -0.39 is 0 Å². The number of fused-ring (bicyclic) bond motifs is 1. The van der Waals surface area contributed by atoms with Crippen molar-refractivity contribution < 1.29 is 4.74 Å². The first-order valence-electron chi connectivity index (χ1n) is 6.93. The van der Waals surface area contributed by atoms with Crippen LogP contribution in [0.4, 0.5) is 0 Å². The molecule has 0 saturated heterocycles. The molecule has 3 heteroatoms. The van der Waals surface area contributed by atoms with Gasteiger partial charge < -0.3 is 10.1 Å². The van der Waals surface area contributed by atoms with Gasteiger partial charge in [-0.25, -0.2) is 0 Å². The molecule has 1 heterocycles. The summed E-state index contributed by atoms with van der Waals surface area (Å²) in [5.74, 6) is 0. The molecule has 0 aliphatic heterocycles. The summed E-state index contributed by atoms with van der Waals surface area (Å²) in [7, 11) is 1.99. The molecule has 0 radical (unpaired) electrons. The molecule has 0 aliphatic carbocycles. The van der Waals surface area contributed by atoms with Crippen LogP contribution in [0.1, 0.15) is 31.9 Å². The van der Waals surface area contributed by atoms with Gasteiger partial charge in [0.25, 0.3) is 0 Å². The van der Waals surface area contributed by atoms with Crippen LogP contribution < -0.4 is 5.32 Å². The van der Waals surface area contributed by atoms with Gasteiger partial charge >= 0.3 is 0 Å². The van der Waals surface area contributed by atoms with Crippen LogP contribution in [0.2, 0.25) is 0 Å². The van der Waals surface area contributed by atoms with Crippen molar-refractivity contribution in [2.24, 2.45) is 0 Å². The standard InChI is InChI=1S/C16H22N2O/c1-4-15(19-5-2)16(17-3)13-8-6-7-12-9-10-18-11-14(12)13/h6-11,15-17H,4-5H2,1-3H3. The van der Waals surface area contributed by atoms with Crippen LogP contribution in [-0.4, -0.2) is 24.7 Å². The molecule has 0 spiro atoms. The van der Waals surface area contributed by atoms with Crippen molar-refractivity contribution in [3.8, 4) is 0 Å². The topological polar surface area (TPSA) is 34.1 Å². The fourth-order valence-electron chi connectivity index (χ4n) is 2.61. The van der Waals surface area contributed by atoms with E-state index in [2.05, 4.69) is 35.4 Å². The Labute approximate surface area is 115 Å². The minimum atomic E-state index is 0.181. The molecule has 0 aliphatic rings. The third kappa shape index (κ3) is 2.94. The summed E-state index contributed by atoms with van der Waals surface area (Å²) in [6.07, 6.45) is 4.94. The molecule has 0 bridgehead atoms. The van der Waals surface area contributed by atoms with Crippen LogP contribution >= 0.6 is 0 Å². The summed E-state index contributed by atoms with van der Waals surface area (Å²) >= 11 is 0. The van der Waals surface area contributed by atoms with Gasteiger partial charge in [-0.2, -0.15) is 0 Å². The highest BCUT2D eigenvalue weighted by Gasteiger charge is 2.22. The van der Waals surface area contributed by atoms with Gasteiger partial charge in [0.2, 0.25) is 0 Å². The summed E-state index contributed by atoms with van der Waals surface area (Å²) in [6, 6.07) is 8.62. The van der Waals surface area contributed by atoms with E-state index in [9.17, 15) is 0 Å². The summed E-state index contributed by atoms with van der Waals surface area (Å²) < 4.78 is 5.86. The fourth-order valence-corrected chi connectivity index (χ4v) is 2.61. The zero-order valence-electron chi connectivity index (χ0n) is 11.9. The highest BCUT2D eigenvalue weighted by atomic mass is 16.5. The predicted octanol–water partition coefficient (Wildman–Crippen LogP) is 3.31. The molecule has 102 valence electrons. The van der Waals surface area contributed by atoms with Crippen molar-refractivity contribution in [2.75, 3.05) is 13.7 Å². The molecule has 2 rings (SSSR count). The molecule has 1 aromatic heterocycles. The molecule has 0 saturated carbocycles. The number of hydrogen-bond donors (Lipinski definition) is 1. The van der Waals surface area contributed by atoms with Crippen molar-refractivity contribution in [3.05, 3.63) is 42.2 Å². The van der Waals surface area contributed by atoms with Crippen molar-refractivity contribution >= 4 is 10.8 Å². The van der Waals surface area contributed by atoms with Crippen molar-refractivity contribution in [3.63, 3.8) is 0 Å². The lowest BCUT2D eigenvalue weighted by Gasteiger charge is -2.27. The van der Waals surface area contributed by atoms with E-state index in [0.29, 0.717) is 0 Å². The van der Waals surface area contributed by atoms with Crippen LogP contribution in [-0.2, 0) is 4.74 Å². The minimum absolute atomic E-state index is 0.181. The number of nitrogens with one attached hydrogen (secondary N) is 1. The zero-order chi connectivity index (χ0) is 13.7. The van der Waals surface area contributed by atoms with E-state index in [1.165, 1.54) is 16.3 Å². The van der Waals surface area contributed by atoms with Gasteiger partial charge in [-0.05, 0) is 37.4 Å². The van der Waals surface area contributed by atoms with Gasteiger partial charge in [0.1, 0.15) is 0 Å². The van der Waals surface area contributed by atoms with Crippen LogP contribution in [0.15, 0.2) is 36.7 Å². The maximum absolute atomic E-state index is 5.86.